The zero-order chi connectivity index (χ0) is 20.7. The first kappa shape index (κ1) is 24.4. The van der Waals surface area contributed by atoms with E-state index in [-0.39, 0.29) is 49.5 Å². The van der Waals surface area contributed by atoms with Crippen LogP contribution < -0.4 is 15.5 Å². The number of hydrogen-bond donors (Lipinski definition) is 3. The molecule has 1 aromatic carbocycles. The van der Waals surface area contributed by atoms with E-state index in [4.69, 9.17) is 4.42 Å². The van der Waals surface area contributed by atoms with Gasteiger partial charge in [-0.1, -0.05) is 0 Å². The van der Waals surface area contributed by atoms with Crippen molar-refractivity contribution in [2.24, 2.45) is 7.05 Å². The molecular formula is C21H29ClN6O3S. The van der Waals surface area contributed by atoms with Gasteiger partial charge in [0.1, 0.15) is 6.26 Å². The third kappa shape index (κ3) is 4.73. The molecule has 2 aliphatic heterocycles. The molecule has 0 radical (unpaired) electrons. The van der Waals surface area contributed by atoms with Crippen LogP contribution in [0, 0.1) is 0 Å². The van der Waals surface area contributed by atoms with Gasteiger partial charge in [0.2, 0.25) is 0 Å². The van der Waals surface area contributed by atoms with Crippen LogP contribution in [-0.2, 0) is 7.05 Å². The molecule has 11 heteroatoms. The number of oxazole rings is 1. The summed E-state index contributed by atoms with van der Waals surface area (Å²) >= 11 is 0. The molecule has 2 aromatic heterocycles. The van der Waals surface area contributed by atoms with Crippen molar-refractivity contribution in [1.29, 1.82) is 0 Å². The maximum absolute atomic E-state index is 13.0. The maximum atomic E-state index is 13.0. The summed E-state index contributed by atoms with van der Waals surface area (Å²) in [5.74, 6) is 0.577. The quantitative estimate of drug-likeness (QED) is 0.526. The summed E-state index contributed by atoms with van der Waals surface area (Å²) in [5, 5.41) is 21.6. The summed E-state index contributed by atoms with van der Waals surface area (Å²) in [7, 11) is 1.87. The van der Waals surface area contributed by atoms with Crippen molar-refractivity contribution in [3.63, 3.8) is 0 Å². The fraction of sp³-hybridized carbons (Fsp3) is 0.476. The van der Waals surface area contributed by atoms with E-state index in [0.29, 0.717) is 24.5 Å². The zero-order valence-electron chi connectivity index (χ0n) is 17.9. The number of amides is 1. The monoisotopic (exact) mass is 480 g/mol. The number of carbonyl (C=O) groups excluding carboxylic acids is 1. The predicted octanol–water partition coefficient (Wildman–Crippen LogP) is 2.39. The SMILES string of the molecule is Cl.Cn1ncc2cc(N3CC[C@H](O)C3)c(NC(=O)c3coc(C4CCNCC4)n3)cc21.S. The summed E-state index contributed by atoms with van der Waals surface area (Å²) in [5.41, 5.74) is 2.75. The van der Waals surface area contributed by atoms with Crippen molar-refractivity contribution >= 4 is 54.1 Å². The highest BCUT2D eigenvalue weighted by Crippen LogP contribution is 2.34. The lowest BCUT2D eigenvalue weighted by molar-refractivity contribution is 0.102. The summed E-state index contributed by atoms with van der Waals surface area (Å²) < 4.78 is 7.40. The fourth-order valence-corrected chi connectivity index (χ4v) is 4.34. The number of fused-ring (bicyclic) bond motifs is 1. The number of β-amino-alcohol motifs (C(OH)–C–C–N with tert-alkyl or cyclic N) is 1. The number of piperidine rings is 1. The summed E-state index contributed by atoms with van der Waals surface area (Å²) in [6.45, 7) is 3.15. The van der Waals surface area contributed by atoms with E-state index in [9.17, 15) is 9.90 Å². The second-order valence-electron chi connectivity index (χ2n) is 8.13. The predicted molar refractivity (Wildman–Crippen MR) is 130 cm³/mol. The van der Waals surface area contributed by atoms with Gasteiger partial charge in [-0.15, -0.1) is 12.4 Å². The Morgan fingerprint density at radius 1 is 1.28 bits per heavy atom. The Hall–Kier alpha value is -2.27. The van der Waals surface area contributed by atoms with E-state index >= 15 is 0 Å². The highest BCUT2D eigenvalue weighted by molar-refractivity contribution is 7.59. The number of aliphatic hydroxyl groups excluding tert-OH is 1. The van der Waals surface area contributed by atoms with Crippen molar-refractivity contribution in [2.45, 2.75) is 31.3 Å². The van der Waals surface area contributed by atoms with E-state index in [1.807, 2.05) is 19.2 Å². The second kappa shape index (κ2) is 10.1. The van der Waals surface area contributed by atoms with Crippen molar-refractivity contribution in [3.8, 4) is 0 Å². The van der Waals surface area contributed by atoms with Crippen molar-refractivity contribution in [2.75, 3.05) is 36.4 Å². The highest BCUT2D eigenvalue weighted by Gasteiger charge is 2.26. The van der Waals surface area contributed by atoms with Crippen LogP contribution in [0.2, 0.25) is 0 Å². The number of aromatic nitrogens is 3. The van der Waals surface area contributed by atoms with Gasteiger partial charge in [-0.3, -0.25) is 9.48 Å². The van der Waals surface area contributed by atoms with Crippen LogP contribution in [0.15, 0.2) is 29.0 Å². The van der Waals surface area contributed by atoms with Gasteiger partial charge in [-0.2, -0.15) is 18.6 Å². The largest absolute Gasteiger partial charge is 0.448 e. The number of carbonyl (C=O) groups is 1. The molecule has 3 aromatic rings. The molecule has 0 saturated carbocycles. The molecule has 0 spiro atoms. The topological polar surface area (TPSA) is 108 Å². The first-order chi connectivity index (χ1) is 14.6. The average molecular weight is 481 g/mol. The van der Waals surface area contributed by atoms with E-state index in [1.54, 1.807) is 10.9 Å². The molecule has 4 heterocycles. The normalized spacial score (nSPS) is 18.9. The molecule has 0 aliphatic carbocycles. The number of aliphatic hydroxyl groups is 1. The molecule has 32 heavy (non-hydrogen) atoms. The first-order valence-corrected chi connectivity index (χ1v) is 10.4. The van der Waals surface area contributed by atoms with Gasteiger partial charge < -0.3 is 25.1 Å². The van der Waals surface area contributed by atoms with Gasteiger partial charge in [0, 0.05) is 31.4 Å². The van der Waals surface area contributed by atoms with E-state index in [0.717, 1.165) is 49.1 Å². The molecule has 0 bridgehead atoms. The fourth-order valence-electron chi connectivity index (χ4n) is 4.34. The van der Waals surface area contributed by atoms with Crippen LogP contribution in [0.1, 0.15) is 41.6 Å². The Morgan fingerprint density at radius 2 is 2.06 bits per heavy atom. The van der Waals surface area contributed by atoms with Crippen LogP contribution in [0.3, 0.4) is 0 Å². The third-order valence-electron chi connectivity index (χ3n) is 6.06. The lowest BCUT2D eigenvalue weighted by Crippen LogP contribution is -2.26. The Kier molecular flexibility index (Phi) is 7.71. The van der Waals surface area contributed by atoms with Gasteiger partial charge in [0.05, 0.1) is 29.2 Å². The Bertz CT molecular complexity index is 1080. The van der Waals surface area contributed by atoms with E-state index in [1.165, 1.54) is 6.26 Å². The van der Waals surface area contributed by atoms with Crippen LogP contribution in [-0.4, -0.2) is 58.1 Å². The minimum Gasteiger partial charge on any atom is -0.448 e. The number of nitrogens with one attached hydrogen (secondary N) is 2. The smallest absolute Gasteiger partial charge is 0.277 e. The number of nitrogens with zero attached hydrogens (tertiary/aromatic N) is 4. The van der Waals surface area contributed by atoms with Crippen LogP contribution >= 0.6 is 25.9 Å². The summed E-state index contributed by atoms with van der Waals surface area (Å²) in [4.78, 5) is 19.5. The molecule has 3 N–H and O–H groups in total. The number of aryl methyl sites for hydroxylation is 1. The van der Waals surface area contributed by atoms with Gasteiger partial charge in [-0.05, 0) is 44.5 Å². The number of hydrogen-bond acceptors (Lipinski definition) is 7. The van der Waals surface area contributed by atoms with Gasteiger partial charge in [0.15, 0.2) is 11.6 Å². The first-order valence-electron chi connectivity index (χ1n) is 10.4. The van der Waals surface area contributed by atoms with Gasteiger partial charge in [-0.25, -0.2) is 4.98 Å². The molecular weight excluding hydrogens is 452 g/mol. The summed E-state index contributed by atoms with van der Waals surface area (Å²) in [6.07, 6.45) is 5.51. The minimum absolute atomic E-state index is 0. The summed E-state index contributed by atoms with van der Waals surface area (Å²) in [6, 6.07) is 3.94. The highest BCUT2D eigenvalue weighted by atomic mass is 35.5. The molecule has 2 aliphatic rings. The maximum Gasteiger partial charge on any atom is 0.277 e. The van der Waals surface area contributed by atoms with Crippen molar-refractivity contribution in [3.05, 3.63) is 36.2 Å². The number of halogens is 1. The number of anilines is 2. The van der Waals surface area contributed by atoms with Crippen LogP contribution in [0.5, 0.6) is 0 Å². The number of benzene rings is 1. The minimum atomic E-state index is -0.360. The van der Waals surface area contributed by atoms with E-state index < -0.39 is 0 Å². The molecule has 9 nitrogen and oxygen atoms in total. The van der Waals surface area contributed by atoms with Crippen LogP contribution in [0.4, 0.5) is 11.4 Å². The molecule has 0 unspecified atom stereocenters. The zero-order valence-corrected chi connectivity index (χ0v) is 19.7. The molecule has 174 valence electrons. The Morgan fingerprint density at radius 3 is 2.78 bits per heavy atom. The van der Waals surface area contributed by atoms with Crippen molar-refractivity contribution < 1.29 is 14.3 Å². The van der Waals surface area contributed by atoms with Gasteiger partial charge >= 0.3 is 0 Å². The molecule has 1 amide bonds. The second-order valence-corrected chi connectivity index (χ2v) is 8.13. The molecule has 5 rings (SSSR count). The lowest BCUT2D eigenvalue weighted by atomic mass is 9.98. The lowest BCUT2D eigenvalue weighted by Gasteiger charge is -2.22. The Balaban J connectivity index is 0.00000144. The van der Waals surface area contributed by atoms with Crippen molar-refractivity contribution in [1.82, 2.24) is 20.1 Å². The molecule has 2 fully saturated rings. The standard InChI is InChI=1S/C21H26N6O3.ClH.H2S/c1-26-18-9-16(19(8-14(18)10-23-26)27-7-4-15(28)11-27)24-20(29)17-12-30-21(25-17)13-2-5-22-6-3-13;;/h8-10,12-13,15,22,28H,2-7,11H2,1H3,(H,24,29);1H;1H2/t15-;;/m0../s1. The third-order valence-corrected chi connectivity index (χ3v) is 6.06. The van der Waals surface area contributed by atoms with Crippen LogP contribution in [0.25, 0.3) is 10.9 Å². The molecule has 1 atom stereocenters. The Labute approximate surface area is 199 Å². The number of rotatable bonds is 4. The van der Waals surface area contributed by atoms with Gasteiger partial charge in [0.25, 0.3) is 5.91 Å². The molecule has 2 saturated heterocycles. The van der Waals surface area contributed by atoms with E-state index in [2.05, 4.69) is 25.6 Å². The average Bonchev–Trinajstić information content (AvgIpc) is 3.49.